The Kier molecular flexibility index (Phi) is 5.53. The second kappa shape index (κ2) is 6.93. The molecule has 0 radical (unpaired) electrons. The van der Waals surface area contributed by atoms with Crippen molar-refractivity contribution in [3.05, 3.63) is 12.2 Å². The molecule has 0 N–H and O–H groups in total. The average Bonchev–Trinajstić information content (AvgIpc) is 2.61. The Bertz CT molecular complexity index is 501. The van der Waals surface area contributed by atoms with Gasteiger partial charge in [0.1, 0.15) is 12.2 Å². The first-order chi connectivity index (χ1) is 9.76. The van der Waals surface area contributed by atoms with E-state index in [2.05, 4.69) is 12.5 Å². The molecule has 0 spiro atoms. The zero-order chi connectivity index (χ0) is 16.2. The van der Waals surface area contributed by atoms with E-state index < -0.39 is 42.1 Å². The lowest BCUT2D eigenvalue weighted by atomic mass is 9.95. The van der Waals surface area contributed by atoms with Crippen LogP contribution in [0.4, 0.5) is 0 Å². The molecule has 0 bridgehead atoms. The van der Waals surface area contributed by atoms with Crippen molar-refractivity contribution in [2.75, 3.05) is 0 Å². The third-order valence-electron chi connectivity index (χ3n) is 3.10. The Morgan fingerprint density at radius 2 is 1.76 bits per heavy atom. The van der Waals surface area contributed by atoms with E-state index >= 15 is 0 Å². The molecule has 0 aromatic rings. The molecule has 114 valence electrons. The molecule has 6 nitrogen and oxygen atoms in total. The molecule has 0 amide bonds. The first-order valence-corrected chi connectivity index (χ1v) is 6.42. The lowest BCUT2D eigenvalue weighted by Gasteiger charge is -2.24. The van der Waals surface area contributed by atoms with E-state index in [0.29, 0.717) is 5.57 Å². The third kappa shape index (κ3) is 4.35. The fourth-order valence-electron chi connectivity index (χ4n) is 2.40. The fraction of sp³-hybridized carbons (Fsp3) is 0.533. The van der Waals surface area contributed by atoms with Crippen LogP contribution in [-0.2, 0) is 28.6 Å². The number of carbonyl (C=O) groups excluding carboxylic acids is 3. The highest BCUT2D eigenvalue weighted by Crippen LogP contribution is 2.38. The monoisotopic (exact) mass is 294 g/mol. The fourth-order valence-corrected chi connectivity index (χ4v) is 2.40. The van der Waals surface area contributed by atoms with Gasteiger partial charge in [-0.25, -0.2) is 0 Å². The van der Waals surface area contributed by atoms with Crippen molar-refractivity contribution in [3.8, 4) is 12.3 Å². The lowest BCUT2D eigenvalue weighted by Crippen LogP contribution is -2.33. The molecule has 1 aliphatic rings. The van der Waals surface area contributed by atoms with E-state index in [-0.39, 0.29) is 6.42 Å². The molecular formula is C15H18O6. The lowest BCUT2D eigenvalue weighted by molar-refractivity contribution is -0.153. The molecule has 0 heterocycles. The molecule has 1 rings (SSSR count). The Morgan fingerprint density at radius 3 is 2.19 bits per heavy atom. The molecule has 1 saturated carbocycles. The molecule has 0 aromatic carbocycles. The van der Waals surface area contributed by atoms with Crippen LogP contribution in [0.3, 0.4) is 0 Å². The van der Waals surface area contributed by atoms with Crippen molar-refractivity contribution in [3.63, 3.8) is 0 Å². The molecule has 0 aliphatic heterocycles. The maximum Gasteiger partial charge on any atom is 0.303 e. The molecule has 1 aliphatic carbocycles. The van der Waals surface area contributed by atoms with Gasteiger partial charge in [0.25, 0.3) is 0 Å². The number of ether oxygens (including phenoxy) is 3. The summed E-state index contributed by atoms with van der Waals surface area (Å²) < 4.78 is 15.4. The van der Waals surface area contributed by atoms with Gasteiger partial charge in [-0.15, -0.1) is 6.42 Å². The number of rotatable bonds is 4. The third-order valence-corrected chi connectivity index (χ3v) is 3.10. The van der Waals surface area contributed by atoms with Crippen LogP contribution in [0, 0.1) is 18.3 Å². The molecule has 2 unspecified atom stereocenters. The summed E-state index contributed by atoms with van der Waals surface area (Å²) in [4.78, 5) is 33.4. The van der Waals surface area contributed by atoms with Gasteiger partial charge < -0.3 is 14.2 Å². The summed E-state index contributed by atoms with van der Waals surface area (Å²) in [6.45, 7) is 7.61. The zero-order valence-corrected chi connectivity index (χ0v) is 12.3. The summed E-state index contributed by atoms with van der Waals surface area (Å²) in [6.07, 6.45) is 3.42. The summed E-state index contributed by atoms with van der Waals surface area (Å²) in [5.74, 6) is 0.211. The van der Waals surface area contributed by atoms with Crippen molar-refractivity contribution in [2.45, 2.75) is 45.5 Å². The van der Waals surface area contributed by atoms with Crippen molar-refractivity contribution >= 4 is 17.9 Å². The maximum absolute atomic E-state index is 11.2. The molecule has 4 atom stereocenters. The second-order valence-corrected chi connectivity index (χ2v) is 4.78. The molecule has 21 heavy (non-hydrogen) atoms. The standard InChI is InChI=1S/C15H18O6/c1-6-12(19-9(3)16)15-8(2)13(20-10(4)17)7-14(15)21-11(5)18/h1,12-15H,2,7H2,3-5H3/t12?,13-,14+,15?/m0/s1. The van der Waals surface area contributed by atoms with Crippen LogP contribution in [0.25, 0.3) is 0 Å². The van der Waals surface area contributed by atoms with E-state index in [9.17, 15) is 14.4 Å². The van der Waals surface area contributed by atoms with Crippen LogP contribution in [0.15, 0.2) is 12.2 Å². The molecule has 0 aromatic heterocycles. The largest absolute Gasteiger partial charge is 0.462 e. The van der Waals surface area contributed by atoms with Crippen LogP contribution in [0.5, 0.6) is 0 Å². The molecule has 1 fully saturated rings. The highest BCUT2D eigenvalue weighted by molar-refractivity contribution is 5.68. The van der Waals surface area contributed by atoms with Crippen LogP contribution >= 0.6 is 0 Å². The van der Waals surface area contributed by atoms with Crippen molar-refractivity contribution in [1.29, 1.82) is 0 Å². The smallest absolute Gasteiger partial charge is 0.303 e. The summed E-state index contributed by atoms with van der Waals surface area (Å²) in [5.41, 5.74) is 0.473. The molecule has 0 saturated heterocycles. The summed E-state index contributed by atoms with van der Waals surface area (Å²) in [5, 5.41) is 0. The highest BCUT2D eigenvalue weighted by Gasteiger charge is 2.46. The summed E-state index contributed by atoms with van der Waals surface area (Å²) >= 11 is 0. The van der Waals surface area contributed by atoms with Gasteiger partial charge in [0.2, 0.25) is 0 Å². The van der Waals surface area contributed by atoms with Gasteiger partial charge in [-0.1, -0.05) is 12.5 Å². The minimum atomic E-state index is -0.931. The van der Waals surface area contributed by atoms with E-state index in [1.165, 1.54) is 20.8 Å². The number of hydrogen-bond acceptors (Lipinski definition) is 6. The van der Waals surface area contributed by atoms with Crippen LogP contribution in [0.1, 0.15) is 27.2 Å². The minimum absolute atomic E-state index is 0.238. The first kappa shape index (κ1) is 16.8. The topological polar surface area (TPSA) is 78.9 Å². The summed E-state index contributed by atoms with van der Waals surface area (Å²) in [6, 6.07) is 0. The van der Waals surface area contributed by atoms with E-state index in [4.69, 9.17) is 20.6 Å². The predicted molar refractivity (Wildman–Crippen MR) is 72.7 cm³/mol. The quantitative estimate of drug-likeness (QED) is 0.333. The van der Waals surface area contributed by atoms with Gasteiger partial charge in [0.05, 0.1) is 5.92 Å². The molecular weight excluding hydrogens is 276 g/mol. The van der Waals surface area contributed by atoms with Gasteiger partial charge in [0.15, 0.2) is 6.10 Å². The van der Waals surface area contributed by atoms with E-state index in [1.807, 2.05) is 0 Å². The SMILES string of the molecule is C#CC(OC(C)=O)C1C(=C)[C@@H](OC(C)=O)C[C@H]1OC(C)=O. The van der Waals surface area contributed by atoms with Crippen molar-refractivity contribution < 1.29 is 28.6 Å². The minimum Gasteiger partial charge on any atom is -0.462 e. The second-order valence-electron chi connectivity index (χ2n) is 4.78. The Labute approximate surface area is 123 Å². The zero-order valence-electron chi connectivity index (χ0n) is 12.3. The van der Waals surface area contributed by atoms with Gasteiger partial charge in [-0.2, -0.15) is 0 Å². The number of esters is 3. The highest BCUT2D eigenvalue weighted by atomic mass is 16.6. The summed E-state index contributed by atoms with van der Waals surface area (Å²) in [7, 11) is 0. The van der Waals surface area contributed by atoms with Gasteiger partial charge in [-0.05, 0) is 5.57 Å². The maximum atomic E-state index is 11.2. The number of carbonyl (C=O) groups is 3. The van der Waals surface area contributed by atoms with Crippen molar-refractivity contribution in [1.82, 2.24) is 0 Å². The Morgan fingerprint density at radius 1 is 1.19 bits per heavy atom. The predicted octanol–water partition coefficient (Wildman–Crippen LogP) is 0.991. The Hall–Kier alpha value is -2.29. The van der Waals surface area contributed by atoms with Crippen LogP contribution < -0.4 is 0 Å². The average molecular weight is 294 g/mol. The van der Waals surface area contributed by atoms with Crippen LogP contribution in [-0.4, -0.2) is 36.2 Å². The van der Waals surface area contributed by atoms with Gasteiger partial charge >= 0.3 is 17.9 Å². The first-order valence-electron chi connectivity index (χ1n) is 6.42. The molecule has 6 heteroatoms. The number of hydrogen-bond donors (Lipinski definition) is 0. The van der Waals surface area contributed by atoms with Gasteiger partial charge in [-0.3, -0.25) is 14.4 Å². The normalized spacial score (nSPS) is 25.6. The Balaban J connectivity index is 3.00. The van der Waals surface area contributed by atoms with E-state index in [0.717, 1.165) is 0 Å². The van der Waals surface area contributed by atoms with Crippen LogP contribution in [0.2, 0.25) is 0 Å². The number of terminal acetylenes is 1. The van der Waals surface area contributed by atoms with Gasteiger partial charge in [0, 0.05) is 27.2 Å². The van der Waals surface area contributed by atoms with Crippen molar-refractivity contribution in [2.24, 2.45) is 5.92 Å². The van der Waals surface area contributed by atoms with E-state index in [1.54, 1.807) is 0 Å².